The molecule has 0 radical (unpaired) electrons. The van der Waals surface area contributed by atoms with E-state index in [0.29, 0.717) is 5.02 Å². The quantitative estimate of drug-likeness (QED) is 0.837. The van der Waals surface area contributed by atoms with Crippen molar-refractivity contribution in [1.29, 1.82) is 5.26 Å². The van der Waals surface area contributed by atoms with Crippen LogP contribution in [0.25, 0.3) is 0 Å². The van der Waals surface area contributed by atoms with Gasteiger partial charge in [-0.25, -0.2) is 4.79 Å². The predicted molar refractivity (Wildman–Crippen MR) is 68.7 cm³/mol. The van der Waals surface area contributed by atoms with Crippen LogP contribution in [0.4, 0.5) is 10.5 Å². The molecule has 5 nitrogen and oxygen atoms in total. The van der Waals surface area contributed by atoms with Crippen molar-refractivity contribution >= 4 is 40.8 Å². The van der Waals surface area contributed by atoms with E-state index in [2.05, 4.69) is 10.6 Å². The molecule has 94 valence electrons. The maximum absolute atomic E-state index is 11.4. The van der Waals surface area contributed by atoms with Crippen LogP contribution in [-0.4, -0.2) is 17.8 Å². The van der Waals surface area contributed by atoms with Crippen LogP contribution in [0.1, 0.15) is 12.0 Å². The van der Waals surface area contributed by atoms with Gasteiger partial charge in [-0.2, -0.15) is 5.26 Å². The zero-order valence-corrected chi connectivity index (χ0v) is 10.7. The lowest BCUT2D eigenvalue weighted by Gasteiger charge is -2.07. The monoisotopic (exact) mass is 285 g/mol. The van der Waals surface area contributed by atoms with Crippen LogP contribution in [-0.2, 0) is 4.79 Å². The Morgan fingerprint density at radius 2 is 2.11 bits per heavy atom. The molecule has 1 aromatic carbocycles. The molecule has 0 aliphatic carbocycles. The minimum absolute atomic E-state index is 0.0373. The highest BCUT2D eigenvalue weighted by molar-refractivity contribution is 6.31. The Hall–Kier alpha value is -1.77. The third-order valence-electron chi connectivity index (χ3n) is 1.92. The van der Waals surface area contributed by atoms with Crippen molar-refractivity contribution in [3.63, 3.8) is 0 Å². The van der Waals surface area contributed by atoms with Crippen LogP contribution >= 0.6 is 23.2 Å². The lowest BCUT2D eigenvalue weighted by molar-refractivity contribution is -0.119. The lowest BCUT2D eigenvalue weighted by atomic mass is 10.2. The third-order valence-corrected chi connectivity index (χ3v) is 2.35. The van der Waals surface area contributed by atoms with Crippen LogP contribution in [0, 0.1) is 11.3 Å². The van der Waals surface area contributed by atoms with E-state index < -0.39 is 11.9 Å². The maximum atomic E-state index is 11.4. The van der Waals surface area contributed by atoms with E-state index >= 15 is 0 Å². The molecule has 0 heterocycles. The summed E-state index contributed by atoms with van der Waals surface area (Å²) >= 11 is 11.1. The zero-order valence-electron chi connectivity index (χ0n) is 9.17. The van der Waals surface area contributed by atoms with Gasteiger partial charge in [0, 0.05) is 17.3 Å². The summed E-state index contributed by atoms with van der Waals surface area (Å²) in [5.74, 6) is -0.372. The number of imide groups is 1. The smallest absolute Gasteiger partial charge is 0.306 e. The summed E-state index contributed by atoms with van der Waals surface area (Å²) in [7, 11) is 0. The van der Waals surface area contributed by atoms with Gasteiger partial charge in [-0.1, -0.05) is 11.6 Å². The molecular formula is C11H9Cl2N3O2. The SMILES string of the molecule is N#Cc1ccc(Cl)cc1NC(=O)NC(=O)CCCl. The Balaban J connectivity index is 2.73. The molecule has 0 saturated heterocycles. The molecule has 0 aromatic heterocycles. The number of carbonyl (C=O) groups is 2. The fraction of sp³-hybridized carbons (Fsp3) is 0.182. The van der Waals surface area contributed by atoms with Crippen molar-refractivity contribution in [2.24, 2.45) is 0 Å². The molecule has 3 amide bonds. The summed E-state index contributed by atoms with van der Waals surface area (Å²) in [5.41, 5.74) is 0.487. The van der Waals surface area contributed by atoms with Crippen LogP contribution < -0.4 is 10.6 Å². The second-order valence-corrected chi connectivity index (χ2v) is 4.06. The Kier molecular flexibility index (Phi) is 5.43. The number of hydrogen-bond donors (Lipinski definition) is 2. The lowest BCUT2D eigenvalue weighted by Crippen LogP contribution is -2.34. The molecule has 0 bridgehead atoms. The molecule has 0 aliphatic rings. The highest BCUT2D eigenvalue weighted by atomic mass is 35.5. The number of carbonyl (C=O) groups excluding carboxylic acids is 2. The average molecular weight is 286 g/mol. The topological polar surface area (TPSA) is 82.0 Å². The van der Waals surface area contributed by atoms with Gasteiger partial charge < -0.3 is 5.32 Å². The minimum atomic E-state index is -0.733. The molecular weight excluding hydrogens is 277 g/mol. The van der Waals surface area contributed by atoms with E-state index in [1.165, 1.54) is 18.2 Å². The highest BCUT2D eigenvalue weighted by Gasteiger charge is 2.10. The fourth-order valence-corrected chi connectivity index (χ4v) is 1.49. The van der Waals surface area contributed by atoms with E-state index in [4.69, 9.17) is 28.5 Å². The van der Waals surface area contributed by atoms with E-state index in [-0.39, 0.29) is 23.6 Å². The van der Waals surface area contributed by atoms with E-state index in [9.17, 15) is 9.59 Å². The van der Waals surface area contributed by atoms with E-state index in [1.54, 1.807) is 0 Å². The summed E-state index contributed by atoms with van der Waals surface area (Å²) in [4.78, 5) is 22.6. The van der Waals surface area contributed by atoms with Crippen molar-refractivity contribution in [3.05, 3.63) is 28.8 Å². The number of rotatable bonds is 3. The van der Waals surface area contributed by atoms with Gasteiger partial charge in [0.05, 0.1) is 11.3 Å². The van der Waals surface area contributed by atoms with Crippen molar-refractivity contribution in [2.75, 3.05) is 11.2 Å². The zero-order chi connectivity index (χ0) is 13.5. The number of alkyl halides is 1. The number of amides is 3. The fourth-order valence-electron chi connectivity index (χ4n) is 1.15. The molecule has 0 saturated carbocycles. The van der Waals surface area contributed by atoms with Gasteiger partial charge in [0.1, 0.15) is 6.07 Å². The number of nitrogens with zero attached hydrogens (tertiary/aromatic N) is 1. The number of anilines is 1. The first kappa shape index (κ1) is 14.3. The first-order valence-electron chi connectivity index (χ1n) is 4.93. The van der Waals surface area contributed by atoms with Gasteiger partial charge in [0.15, 0.2) is 0 Å². The molecule has 0 unspecified atom stereocenters. The molecule has 0 aliphatic heterocycles. The molecule has 2 N–H and O–H groups in total. The summed E-state index contributed by atoms with van der Waals surface area (Å²) in [6.45, 7) is 0. The van der Waals surface area contributed by atoms with Crippen molar-refractivity contribution in [3.8, 4) is 6.07 Å². The van der Waals surface area contributed by atoms with Gasteiger partial charge in [0.2, 0.25) is 5.91 Å². The predicted octanol–water partition coefficient (Wildman–Crippen LogP) is 2.49. The van der Waals surface area contributed by atoms with Crippen molar-refractivity contribution in [2.45, 2.75) is 6.42 Å². The number of nitrogens with one attached hydrogen (secondary N) is 2. The standard InChI is InChI=1S/C11H9Cl2N3O2/c12-4-3-10(17)16-11(18)15-9-5-8(13)2-1-7(9)6-14/h1-2,5H,3-4H2,(H2,15,16,17,18). The second kappa shape index (κ2) is 6.84. The molecule has 18 heavy (non-hydrogen) atoms. The van der Waals surface area contributed by atoms with Crippen LogP contribution in [0.3, 0.4) is 0 Å². The van der Waals surface area contributed by atoms with Gasteiger partial charge in [-0.05, 0) is 18.2 Å². The largest absolute Gasteiger partial charge is 0.325 e. The van der Waals surface area contributed by atoms with Gasteiger partial charge >= 0.3 is 6.03 Å². The normalized spacial score (nSPS) is 9.39. The Morgan fingerprint density at radius 1 is 1.39 bits per heavy atom. The van der Waals surface area contributed by atoms with Crippen molar-refractivity contribution < 1.29 is 9.59 Å². The summed E-state index contributed by atoms with van der Waals surface area (Å²) < 4.78 is 0. The first-order chi connectivity index (χ1) is 8.56. The molecule has 1 rings (SSSR count). The number of hydrogen-bond acceptors (Lipinski definition) is 3. The summed E-state index contributed by atoms with van der Waals surface area (Å²) in [5, 5.41) is 13.7. The molecule has 7 heteroatoms. The minimum Gasteiger partial charge on any atom is -0.306 e. The Morgan fingerprint density at radius 3 is 2.72 bits per heavy atom. The van der Waals surface area contributed by atoms with Crippen LogP contribution in [0.2, 0.25) is 5.02 Å². The third kappa shape index (κ3) is 4.24. The first-order valence-corrected chi connectivity index (χ1v) is 5.84. The Labute approximate surface area is 114 Å². The van der Waals surface area contributed by atoms with Crippen LogP contribution in [0.15, 0.2) is 18.2 Å². The number of halogens is 2. The van der Waals surface area contributed by atoms with Crippen molar-refractivity contribution in [1.82, 2.24) is 5.32 Å². The van der Waals surface area contributed by atoms with E-state index in [1.807, 2.05) is 6.07 Å². The summed E-state index contributed by atoms with van der Waals surface area (Å²) in [6, 6.07) is 5.59. The average Bonchev–Trinajstić information content (AvgIpc) is 2.29. The second-order valence-electron chi connectivity index (χ2n) is 3.24. The molecule has 1 aromatic rings. The number of benzene rings is 1. The van der Waals surface area contributed by atoms with Gasteiger partial charge in [-0.3, -0.25) is 10.1 Å². The summed E-state index contributed by atoms with van der Waals surface area (Å²) in [6.07, 6.45) is 0.0373. The maximum Gasteiger partial charge on any atom is 0.325 e. The molecule has 0 fully saturated rings. The van der Waals surface area contributed by atoms with E-state index in [0.717, 1.165) is 0 Å². The highest BCUT2D eigenvalue weighted by Crippen LogP contribution is 2.20. The Bertz CT molecular complexity index is 512. The van der Waals surface area contributed by atoms with Gasteiger partial charge in [0.25, 0.3) is 0 Å². The number of urea groups is 1. The molecule has 0 atom stereocenters. The number of nitriles is 1. The van der Waals surface area contributed by atoms with Crippen LogP contribution in [0.5, 0.6) is 0 Å². The molecule has 0 spiro atoms. The van der Waals surface area contributed by atoms with Gasteiger partial charge in [-0.15, -0.1) is 11.6 Å².